The quantitative estimate of drug-likeness (QED) is 0.763. The maximum Gasteiger partial charge on any atom is 0.306 e. The first-order valence-electron chi connectivity index (χ1n) is 5.02. The number of esters is 1. The van der Waals surface area contributed by atoms with Gasteiger partial charge in [-0.3, -0.25) is 9.78 Å². The Bertz CT molecular complexity index is 471. The number of tetrazole rings is 1. The summed E-state index contributed by atoms with van der Waals surface area (Å²) < 4.78 is 4.65. The minimum Gasteiger partial charge on any atom is -0.469 e. The van der Waals surface area contributed by atoms with Gasteiger partial charge in [0, 0.05) is 6.20 Å². The average Bonchev–Trinajstić information content (AvgIpc) is 2.90. The van der Waals surface area contributed by atoms with E-state index in [9.17, 15) is 4.79 Å². The van der Waals surface area contributed by atoms with E-state index in [1.54, 1.807) is 12.3 Å². The lowest BCUT2D eigenvalue weighted by atomic mass is 10.00. The number of carbonyl (C=O) groups excluding carboxylic acids is 1. The molecule has 0 spiro atoms. The van der Waals surface area contributed by atoms with Crippen molar-refractivity contribution in [2.24, 2.45) is 0 Å². The number of carbonyl (C=O) groups is 1. The maximum absolute atomic E-state index is 11.4. The fourth-order valence-corrected chi connectivity index (χ4v) is 1.48. The van der Waals surface area contributed by atoms with Crippen molar-refractivity contribution < 1.29 is 9.53 Å². The fraction of sp³-hybridized carbons (Fsp3) is 0.300. The molecule has 0 bridgehead atoms. The Hall–Kier alpha value is -2.31. The lowest BCUT2D eigenvalue weighted by Gasteiger charge is -2.10. The highest BCUT2D eigenvalue weighted by atomic mass is 16.5. The van der Waals surface area contributed by atoms with Gasteiger partial charge in [0.2, 0.25) is 0 Å². The minimum atomic E-state index is -0.345. The van der Waals surface area contributed by atoms with Crippen LogP contribution in [-0.2, 0) is 9.53 Å². The molecule has 0 aliphatic rings. The third-order valence-corrected chi connectivity index (χ3v) is 2.32. The number of rotatable bonds is 4. The van der Waals surface area contributed by atoms with E-state index < -0.39 is 0 Å². The Kier molecular flexibility index (Phi) is 3.39. The number of nitrogens with one attached hydrogen (secondary N) is 1. The number of methoxy groups -OCH3 is 1. The van der Waals surface area contributed by atoms with Crippen molar-refractivity contribution in [3.63, 3.8) is 0 Å². The summed E-state index contributed by atoms with van der Waals surface area (Å²) in [4.78, 5) is 15.5. The third-order valence-electron chi connectivity index (χ3n) is 2.32. The highest BCUT2D eigenvalue weighted by molar-refractivity contribution is 5.70. The Morgan fingerprint density at radius 2 is 2.41 bits per heavy atom. The van der Waals surface area contributed by atoms with Gasteiger partial charge in [-0.1, -0.05) is 11.3 Å². The maximum atomic E-state index is 11.4. The number of ether oxygens (including phenoxy) is 1. The van der Waals surface area contributed by atoms with Crippen LogP contribution in [0.4, 0.5) is 0 Å². The molecule has 2 aromatic rings. The van der Waals surface area contributed by atoms with Crippen LogP contribution in [0.25, 0.3) is 0 Å². The van der Waals surface area contributed by atoms with E-state index in [1.165, 1.54) is 7.11 Å². The number of aromatic nitrogens is 5. The van der Waals surface area contributed by atoms with Crippen molar-refractivity contribution in [2.45, 2.75) is 12.3 Å². The first kappa shape index (κ1) is 11.2. The topological polar surface area (TPSA) is 93.6 Å². The fourth-order valence-electron chi connectivity index (χ4n) is 1.48. The van der Waals surface area contributed by atoms with Crippen LogP contribution in [0.3, 0.4) is 0 Å². The zero-order valence-corrected chi connectivity index (χ0v) is 9.20. The van der Waals surface area contributed by atoms with E-state index in [4.69, 9.17) is 0 Å². The van der Waals surface area contributed by atoms with Crippen LogP contribution < -0.4 is 0 Å². The standard InChI is InChI=1S/C10H11N5O2/c1-17-9(16)6-7(10-12-14-15-13-10)8-4-2-3-5-11-8/h2-5,7H,6H2,1H3,(H,12,13,14,15). The molecule has 1 unspecified atom stereocenters. The van der Waals surface area contributed by atoms with Crippen molar-refractivity contribution in [2.75, 3.05) is 7.11 Å². The van der Waals surface area contributed by atoms with Crippen molar-refractivity contribution in [1.29, 1.82) is 0 Å². The van der Waals surface area contributed by atoms with Gasteiger partial charge in [-0.25, -0.2) is 0 Å². The summed E-state index contributed by atoms with van der Waals surface area (Å²) in [6.07, 6.45) is 1.78. The zero-order chi connectivity index (χ0) is 12.1. The van der Waals surface area contributed by atoms with Gasteiger partial charge in [0.15, 0.2) is 5.82 Å². The predicted molar refractivity (Wildman–Crippen MR) is 56.9 cm³/mol. The number of aromatic amines is 1. The lowest BCUT2D eigenvalue weighted by Crippen LogP contribution is -2.12. The molecule has 7 nitrogen and oxygen atoms in total. The summed E-state index contributed by atoms with van der Waals surface area (Å²) in [6, 6.07) is 5.45. The van der Waals surface area contributed by atoms with Gasteiger partial charge in [0.25, 0.3) is 0 Å². The molecular weight excluding hydrogens is 222 g/mol. The highest BCUT2D eigenvalue weighted by Crippen LogP contribution is 2.22. The van der Waals surface area contributed by atoms with Gasteiger partial charge in [-0.2, -0.15) is 5.21 Å². The molecule has 0 aliphatic heterocycles. The average molecular weight is 233 g/mol. The molecule has 17 heavy (non-hydrogen) atoms. The summed E-state index contributed by atoms with van der Waals surface area (Å²) in [5.74, 6) is -0.262. The van der Waals surface area contributed by atoms with Gasteiger partial charge in [0.05, 0.1) is 25.1 Å². The molecule has 0 aliphatic carbocycles. The van der Waals surface area contributed by atoms with Crippen molar-refractivity contribution in [1.82, 2.24) is 25.6 Å². The molecule has 0 saturated carbocycles. The van der Waals surface area contributed by atoms with Gasteiger partial charge >= 0.3 is 5.97 Å². The molecule has 88 valence electrons. The molecule has 0 amide bonds. The second-order valence-electron chi connectivity index (χ2n) is 3.36. The number of pyridine rings is 1. The first-order valence-corrected chi connectivity index (χ1v) is 5.02. The van der Waals surface area contributed by atoms with Gasteiger partial charge in [-0.15, -0.1) is 10.2 Å². The van der Waals surface area contributed by atoms with E-state index in [1.807, 2.05) is 12.1 Å². The Morgan fingerprint density at radius 3 is 3.00 bits per heavy atom. The minimum absolute atomic E-state index is 0.132. The van der Waals surface area contributed by atoms with E-state index >= 15 is 0 Å². The van der Waals surface area contributed by atoms with Crippen LogP contribution in [0.1, 0.15) is 23.9 Å². The van der Waals surface area contributed by atoms with Gasteiger partial charge in [0.1, 0.15) is 0 Å². The molecular formula is C10H11N5O2. The van der Waals surface area contributed by atoms with Crippen LogP contribution in [0, 0.1) is 0 Å². The van der Waals surface area contributed by atoms with E-state index in [0.717, 1.165) is 0 Å². The summed E-state index contributed by atoms with van der Waals surface area (Å²) in [5, 5.41) is 13.6. The van der Waals surface area contributed by atoms with Gasteiger partial charge in [-0.05, 0) is 12.1 Å². The normalized spacial score (nSPS) is 12.1. The molecule has 0 saturated heterocycles. The smallest absolute Gasteiger partial charge is 0.306 e. The summed E-state index contributed by atoms with van der Waals surface area (Å²) in [5.41, 5.74) is 0.708. The summed E-state index contributed by atoms with van der Waals surface area (Å²) in [7, 11) is 1.34. The van der Waals surface area contributed by atoms with Crippen LogP contribution in [0.15, 0.2) is 24.4 Å². The monoisotopic (exact) mass is 233 g/mol. The van der Waals surface area contributed by atoms with Crippen LogP contribution in [0.5, 0.6) is 0 Å². The summed E-state index contributed by atoms with van der Waals surface area (Å²) >= 11 is 0. The Labute approximate surface area is 97.2 Å². The molecule has 1 atom stereocenters. The third kappa shape index (κ3) is 2.63. The largest absolute Gasteiger partial charge is 0.469 e. The van der Waals surface area contributed by atoms with Crippen LogP contribution in [0.2, 0.25) is 0 Å². The van der Waals surface area contributed by atoms with Crippen LogP contribution >= 0.6 is 0 Å². The molecule has 0 aromatic carbocycles. The predicted octanol–water partition coefficient (Wildman–Crippen LogP) is 0.290. The van der Waals surface area contributed by atoms with Crippen molar-refractivity contribution >= 4 is 5.97 Å². The van der Waals surface area contributed by atoms with Crippen molar-refractivity contribution in [3.05, 3.63) is 35.9 Å². The van der Waals surface area contributed by atoms with E-state index in [2.05, 4.69) is 30.3 Å². The molecule has 2 rings (SSSR count). The number of nitrogens with zero attached hydrogens (tertiary/aromatic N) is 4. The number of hydrogen-bond donors (Lipinski definition) is 1. The Balaban J connectivity index is 2.28. The zero-order valence-electron chi connectivity index (χ0n) is 9.20. The molecule has 1 N–H and O–H groups in total. The van der Waals surface area contributed by atoms with Gasteiger partial charge < -0.3 is 4.74 Å². The summed E-state index contributed by atoms with van der Waals surface area (Å²) in [6.45, 7) is 0. The second-order valence-corrected chi connectivity index (χ2v) is 3.36. The molecule has 0 radical (unpaired) electrons. The second kappa shape index (κ2) is 5.15. The van der Waals surface area contributed by atoms with E-state index in [-0.39, 0.29) is 18.3 Å². The molecule has 2 heterocycles. The first-order chi connectivity index (χ1) is 8.31. The number of H-pyrrole nitrogens is 1. The van der Waals surface area contributed by atoms with Crippen molar-refractivity contribution in [3.8, 4) is 0 Å². The Morgan fingerprint density at radius 1 is 1.53 bits per heavy atom. The molecule has 7 heteroatoms. The molecule has 0 fully saturated rings. The van der Waals surface area contributed by atoms with E-state index in [0.29, 0.717) is 11.5 Å². The lowest BCUT2D eigenvalue weighted by molar-refractivity contribution is -0.140. The van der Waals surface area contributed by atoms with Crippen LogP contribution in [-0.4, -0.2) is 38.7 Å². The molecule has 2 aromatic heterocycles. The highest BCUT2D eigenvalue weighted by Gasteiger charge is 2.23. The SMILES string of the molecule is COC(=O)CC(c1ccccn1)c1nn[nH]n1. The number of hydrogen-bond acceptors (Lipinski definition) is 6.